The van der Waals surface area contributed by atoms with Gasteiger partial charge in [0.05, 0.1) is 8.07 Å². The third kappa shape index (κ3) is 27.0. The van der Waals surface area contributed by atoms with E-state index in [1.54, 1.807) is 0 Å². The molecule has 3 amide bonds. The molecule has 0 rings (SSSR count). The molecule has 0 spiro atoms. The van der Waals surface area contributed by atoms with E-state index in [1.807, 2.05) is 83.1 Å². The first-order chi connectivity index (χ1) is 24.3. The molecule has 0 bridgehead atoms. The minimum Gasteiger partial charge on any atom is -0.371 e. The van der Waals surface area contributed by atoms with E-state index in [2.05, 4.69) is 71.3 Å². The van der Waals surface area contributed by atoms with Crippen LogP contribution in [0.15, 0.2) is 0 Å². The molecule has 318 valence electrons. The topological polar surface area (TPSA) is 115 Å². The van der Waals surface area contributed by atoms with Gasteiger partial charge in [-0.05, 0) is 73.1 Å². The maximum atomic E-state index is 11.6. The molecule has 0 unspecified atom stereocenters. The zero-order valence-corrected chi connectivity index (χ0v) is 40.6. The van der Waals surface area contributed by atoms with E-state index in [0.717, 1.165) is 54.9 Å². The minimum absolute atomic E-state index is 0.00717. The Hall–Kier alpha value is -1.28. The van der Waals surface area contributed by atoms with Crippen molar-refractivity contribution in [3.63, 3.8) is 0 Å². The van der Waals surface area contributed by atoms with Crippen molar-refractivity contribution >= 4 is 34.6 Å². The molecular formula is C42H91N3O6Si2. The Morgan fingerprint density at radius 3 is 0.962 bits per heavy atom. The summed E-state index contributed by atoms with van der Waals surface area (Å²) in [5.74, 6) is 1.39. The highest BCUT2D eigenvalue weighted by molar-refractivity contribution is 6.83. The van der Waals surface area contributed by atoms with Crippen molar-refractivity contribution in [1.82, 2.24) is 16.0 Å². The van der Waals surface area contributed by atoms with Gasteiger partial charge < -0.3 is 29.2 Å². The standard InChI is InChI=1S/C16H35NO4Si.C16H35NOSi.C10H21NO/c1-12(2)16(18)17-10-9-11-22(19-13(3)4,20-14(5)6)21-15(7)8;1-12(2)16(18)17-10-9-11-19(13(3)4,14(5)6)15(7)8;1-8(2)6-5-7-11-10(12)9(3)4/h12-15H,9-11H2,1-8H3,(H,17,18);12-15H,9-11H2,1-8H3,(H,17,18);8-9H,5-7H2,1-4H3,(H,11,12). The fourth-order valence-corrected chi connectivity index (χ4v) is 16.5. The SMILES string of the molecule is CC(C)C(=O)NCCC[Si](C(C)C)(C(C)C)C(C)C.CC(C)CCCNC(=O)C(C)C.CC(C)O[Si](CCCNC(=O)C(C)C)(OC(C)C)OC(C)C. The molecule has 53 heavy (non-hydrogen) atoms. The van der Waals surface area contributed by atoms with Crippen LogP contribution in [0.5, 0.6) is 0 Å². The number of nitrogens with one attached hydrogen (secondary N) is 3. The minimum atomic E-state index is -2.74. The van der Waals surface area contributed by atoms with Gasteiger partial charge in [-0.1, -0.05) is 120 Å². The molecule has 0 radical (unpaired) electrons. The lowest BCUT2D eigenvalue weighted by Crippen LogP contribution is -2.51. The fraction of sp³-hybridized carbons (Fsp3) is 0.929. The molecule has 3 N–H and O–H groups in total. The molecular weight excluding hydrogens is 699 g/mol. The van der Waals surface area contributed by atoms with Crippen LogP contribution in [0, 0.1) is 23.7 Å². The van der Waals surface area contributed by atoms with Crippen LogP contribution in [-0.4, -0.2) is 72.5 Å². The summed E-state index contributed by atoms with van der Waals surface area (Å²) in [6.07, 6.45) is 4.36. The number of carbonyl (C=O) groups excluding carboxylic acids is 3. The van der Waals surface area contributed by atoms with E-state index in [1.165, 1.54) is 12.5 Å². The van der Waals surface area contributed by atoms with Crippen LogP contribution < -0.4 is 16.0 Å². The van der Waals surface area contributed by atoms with Crippen molar-refractivity contribution in [2.45, 2.75) is 211 Å². The van der Waals surface area contributed by atoms with Gasteiger partial charge in [0.1, 0.15) is 0 Å². The molecule has 0 heterocycles. The first-order valence-electron chi connectivity index (χ1n) is 21.1. The lowest BCUT2D eigenvalue weighted by atomic mass is 10.1. The van der Waals surface area contributed by atoms with Gasteiger partial charge in [0.15, 0.2) is 0 Å². The molecule has 0 aliphatic rings. The largest absolute Gasteiger partial charge is 0.501 e. The van der Waals surface area contributed by atoms with Crippen molar-refractivity contribution in [3.05, 3.63) is 0 Å². The molecule has 0 aliphatic heterocycles. The van der Waals surface area contributed by atoms with Gasteiger partial charge in [-0.3, -0.25) is 14.4 Å². The van der Waals surface area contributed by atoms with Crippen molar-refractivity contribution in [2.75, 3.05) is 19.6 Å². The van der Waals surface area contributed by atoms with Crippen LogP contribution in [-0.2, 0) is 27.7 Å². The second-order valence-electron chi connectivity index (χ2n) is 17.8. The molecule has 0 aliphatic carbocycles. The quantitative estimate of drug-likeness (QED) is 0.0663. The van der Waals surface area contributed by atoms with E-state index in [-0.39, 0.29) is 53.8 Å². The van der Waals surface area contributed by atoms with Gasteiger partial charge in [-0.2, -0.15) is 0 Å². The lowest BCUT2D eigenvalue weighted by Gasteiger charge is -2.43. The fourth-order valence-electron chi connectivity index (χ4n) is 6.66. The third-order valence-electron chi connectivity index (χ3n) is 9.35. The van der Waals surface area contributed by atoms with E-state index in [0.29, 0.717) is 12.6 Å². The van der Waals surface area contributed by atoms with E-state index >= 15 is 0 Å². The van der Waals surface area contributed by atoms with Gasteiger partial charge in [0, 0.05) is 61.7 Å². The maximum Gasteiger partial charge on any atom is 0.501 e. The molecule has 9 nitrogen and oxygen atoms in total. The second-order valence-corrected chi connectivity index (χ2v) is 26.6. The van der Waals surface area contributed by atoms with Crippen molar-refractivity contribution < 1.29 is 27.7 Å². The third-order valence-corrected chi connectivity index (χ3v) is 20.5. The Bertz CT molecular complexity index is 905. The highest BCUT2D eigenvalue weighted by atomic mass is 28.4. The highest BCUT2D eigenvalue weighted by Crippen LogP contribution is 2.45. The number of amides is 3. The Kier molecular flexibility index (Phi) is 31.7. The first kappa shape index (κ1) is 56.1. The van der Waals surface area contributed by atoms with Gasteiger partial charge >= 0.3 is 8.80 Å². The average Bonchev–Trinajstić information content (AvgIpc) is 2.99. The van der Waals surface area contributed by atoms with Gasteiger partial charge in [0.2, 0.25) is 17.7 Å². The van der Waals surface area contributed by atoms with Crippen molar-refractivity contribution in [1.29, 1.82) is 0 Å². The summed E-state index contributed by atoms with van der Waals surface area (Å²) in [6, 6.07) is 2.04. The number of hydrogen-bond donors (Lipinski definition) is 3. The van der Waals surface area contributed by atoms with Gasteiger partial charge in [0.25, 0.3) is 0 Å². The van der Waals surface area contributed by atoms with E-state index < -0.39 is 16.9 Å². The molecule has 0 aromatic heterocycles. The Morgan fingerprint density at radius 1 is 0.434 bits per heavy atom. The van der Waals surface area contributed by atoms with Gasteiger partial charge in [-0.15, -0.1) is 0 Å². The smallest absolute Gasteiger partial charge is 0.371 e. The van der Waals surface area contributed by atoms with Crippen LogP contribution in [0.1, 0.15) is 164 Å². The van der Waals surface area contributed by atoms with Crippen molar-refractivity contribution in [3.8, 4) is 0 Å². The Balaban J connectivity index is -0.000000738. The summed E-state index contributed by atoms with van der Waals surface area (Å²) >= 11 is 0. The summed E-state index contributed by atoms with van der Waals surface area (Å²) in [5.41, 5.74) is 2.44. The van der Waals surface area contributed by atoms with E-state index in [9.17, 15) is 14.4 Å². The normalized spacial score (nSPS) is 12.3. The summed E-state index contributed by atoms with van der Waals surface area (Å²) in [7, 11) is -4.01. The average molecular weight is 790 g/mol. The lowest BCUT2D eigenvalue weighted by molar-refractivity contribution is -0.124. The first-order valence-corrected chi connectivity index (χ1v) is 25.5. The zero-order chi connectivity index (χ0) is 42.1. The van der Waals surface area contributed by atoms with Crippen LogP contribution in [0.25, 0.3) is 0 Å². The van der Waals surface area contributed by atoms with Crippen LogP contribution in [0.4, 0.5) is 0 Å². The molecule has 0 saturated carbocycles. The number of rotatable bonds is 24. The monoisotopic (exact) mass is 790 g/mol. The molecule has 11 heteroatoms. The van der Waals surface area contributed by atoms with Crippen molar-refractivity contribution in [2.24, 2.45) is 23.7 Å². The number of carbonyl (C=O) groups is 3. The number of hydrogen-bond acceptors (Lipinski definition) is 6. The molecule has 0 aromatic rings. The summed E-state index contributed by atoms with van der Waals surface area (Å²) < 4.78 is 18.3. The second kappa shape index (κ2) is 29.9. The highest BCUT2D eigenvalue weighted by Gasteiger charge is 2.44. The summed E-state index contributed by atoms with van der Waals surface area (Å²) in [4.78, 5) is 34.3. The summed E-state index contributed by atoms with van der Waals surface area (Å²) in [6.45, 7) is 44.6. The maximum absolute atomic E-state index is 11.6. The van der Waals surface area contributed by atoms with Crippen LogP contribution in [0.3, 0.4) is 0 Å². The predicted octanol–water partition coefficient (Wildman–Crippen LogP) is 10.4. The Morgan fingerprint density at radius 2 is 0.717 bits per heavy atom. The van der Waals surface area contributed by atoms with E-state index in [4.69, 9.17) is 13.3 Å². The summed E-state index contributed by atoms with van der Waals surface area (Å²) in [5, 5.41) is 8.88. The molecule has 0 aromatic carbocycles. The predicted molar refractivity (Wildman–Crippen MR) is 232 cm³/mol. The Labute approximate surface area is 331 Å². The van der Waals surface area contributed by atoms with Crippen LogP contribution >= 0.6 is 0 Å². The van der Waals surface area contributed by atoms with Gasteiger partial charge in [-0.25, -0.2) is 0 Å². The van der Waals surface area contributed by atoms with Crippen LogP contribution in [0.2, 0.25) is 28.7 Å². The molecule has 0 saturated heterocycles. The zero-order valence-electron chi connectivity index (χ0n) is 38.6. The molecule has 0 fully saturated rings. The molecule has 0 atom stereocenters.